The molecule has 32 heavy (non-hydrogen) atoms. The van der Waals surface area contributed by atoms with Crippen LogP contribution in [0, 0.1) is 0 Å². The van der Waals surface area contributed by atoms with Gasteiger partial charge in [0.05, 0.1) is 23.3 Å². The lowest BCUT2D eigenvalue weighted by atomic mass is 9.91. The summed E-state index contributed by atoms with van der Waals surface area (Å²) in [5.41, 5.74) is 3.69. The van der Waals surface area contributed by atoms with Crippen molar-refractivity contribution in [3.63, 3.8) is 0 Å². The van der Waals surface area contributed by atoms with Gasteiger partial charge in [0.25, 0.3) is 5.91 Å². The largest absolute Gasteiger partial charge is 0.507 e. The van der Waals surface area contributed by atoms with Crippen LogP contribution in [0.15, 0.2) is 46.3 Å². The lowest BCUT2D eigenvalue weighted by Gasteiger charge is -2.16. The molecule has 1 heterocycles. The highest BCUT2D eigenvalue weighted by Gasteiger charge is 2.30. The summed E-state index contributed by atoms with van der Waals surface area (Å²) in [7, 11) is 3.02. The van der Waals surface area contributed by atoms with Crippen molar-refractivity contribution in [2.24, 2.45) is 4.99 Å². The van der Waals surface area contributed by atoms with Crippen LogP contribution in [0.3, 0.4) is 0 Å². The van der Waals surface area contributed by atoms with E-state index in [1.807, 2.05) is 45.9 Å². The maximum atomic E-state index is 12.8. The van der Waals surface area contributed by atoms with Crippen LogP contribution in [0.25, 0.3) is 6.08 Å². The molecule has 0 unspecified atom stereocenters. The van der Waals surface area contributed by atoms with Crippen molar-refractivity contribution < 1.29 is 19.4 Å². The molecule has 0 atom stereocenters. The van der Waals surface area contributed by atoms with Gasteiger partial charge >= 0.3 is 5.97 Å². The molecule has 0 spiro atoms. The lowest BCUT2D eigenvalue weighted by Crippen LogP contribution is -2.23. The number of rotatable bonds is 5. The van der Waals surface area contributed by atoms with Crippen LogP contribution in [0.4, 0.5) is 5.69 Å². The molecule has 0 radical (unpaired) electrons. The number of likely N-dealkylation sites (N-methyl/N-ethyl adjacent to an activating group) is 1. The second-order valence-electron chi connectivity index (χ2n) is 8.27. The third kappa shape index (κ3) is 4.88. The molecule has 1 aliphatic rings. The number of phenolic OH excluding ortho intramolecular Hbond substituents is 1. The molecule has 0 saturated carbocycles. The Morgan fingerprint density at radius 3 is 2.16 bits per heavy atom. The van der Waals surface area contributed by atoms with Gasteiger partial charge in [-0.05, 0) is 82.8 Å². The Morgan fingerprint density at radius 1 is 1.09 bits per heavy atom. The van der Waals surface area contributed by atoms with Gasteiger partial charge in [-0.25, -0.2) is 9.79 Å². The number of hydrogen-bond acceptors (Lipinski definition) is 6. The number of benzene rings is 2. The molecule has 1 N–H and O–H groups in total. The van der Waals surface area contributed by atoms with E-state index in [1.54, 1.807) is 31.3 Å². The Hall–Kier alpha value is -3.06. The number of aliphatic imine (C=N–C) groups is 1. The van der Waals surface area contributed by atoms with E-state index >= 15 is 0 Å². The number of amides is 1. The maximum absolute atomic E-state index is 12.8. The van der Waals surface area contributed by atoms with Crippen molar-refractivity contribution in [2.45, 2.75) is 39.5 Å². The normalized spacial score (nSPS) is 16.6. The predicted molar refractivity (Wildman–Crippen MR) is 129 cm³/mol. The van der Waals surface area contributed by atoms with Gasteiger partial charge in [-0.1, -0.05) is 27.7 Å². The fraction of sp³-hybridized carbons (Fsp3) is 0.320. The number of esters is 1. The molecule has 1 fully saturated rings. The van der Waals surface area contributed by atoms with Crippen molar-refractivity contribution in [1.82, 2.24) is 4.90 Å². The molecule has 1 amide bonds. The van der Waals surface area contributed by atoms with Crippen molar-refractivity contribution in [3.05, 3.63) is 63.6 Å². The number of carbonyl (C=O) groups excluding carboxylic acids is 2. The molecule has 0 bridgehead atoms. The maximum Gasteiger partial charge on any atom is 0.337 e. The zero-order valence-electron chi connectivity index (χ0n) is 19.2. The molecule has 7 heteroatoms. The third-order valence-corrected chi connectivity index (χ3v) is 6.31. The van der Waals surface area contributed by atoms with Crippen molar-refractivity contribution in [2.75, 3.05) is 14.2 Å². The Morgan fingerprint density at radius 2 is 1.66 bits per heavy atom. The first-order valence-electron chi connectivity index (χ1n) is 10.4. The van der Waals surface area contributed by atoms with E-state index in [-0.39, 0.29) is 17.7 Å². The summed E-state index contributed by atoms with van der Waals surface area (Å²) in [6.45, 7) is 8.15. The first-order chi connectivity index (χ1) is 15.1. The molecule has 1 aliphatic heterocycles. The van der Waals surface area contributed by atoms with E-state index in [9.17, 15) is 14.7 Å². The van der Waals surface area contributed by atoms with Crippen molar-refractivity contribution in [1.29, 1.82) is 0 Å². The Kier molecular flexibility index (Phi) is 7.09. The molecule has 3 rings (SSSR count). The van der Waals surface area contributed by atoms with E-state index in [2.05, 4.69) is 4.99 Å². The van der Waals surface area contributed by atoms with Gasteiger partial charge in [-0.2, -0.15) is 0 Å². The summed E-state index contributed by atoms with van der Waals surface area (Å²) >= 11 is 1.30. The van der Waals surface area contributed by atoms with Crippen LogP contribution >= 0.6 is 11.8 Å². The fourth-order valence-corrected chi connectivity index (χ4v) is 4.36. The molecule has 0 aromatic heterocycles. The number of ether oxygens (including phenoxy) is 1. The molecule has 0 aliphatic carbocycles. The summed E-state index contributed by atoms with van der Waals surface area (Å²) in [6.07, 6.45) is 1.85. The Balaban J connectivity index is 1.93. The van der Waals surface area contributed by atoms with E-state index in [0.29, 0.717) is 27.1 Å². The van der Waals surface area contributed by atoms with Crippen LogP contribution in [0.5, 0.6) is 5.75 Å². The van der Waals surface area contributed by atoms with Gasteiger partial charge in [0.15, 0.2) is 5.17 Å². The van der Waals surface area contributed by atoms with Crippen LogP contribution in [-0.4, -0.2) is 41.2 Å². The summed E-state index contributed by atoms with van der Waals surface area (Å²) in [5.74, 6) is 0.103. The van der Waals surface area contributed by atoms with Crippen molar-refractivity contribution in [3.8, 4) is 5.75 Å². The van der Waals surface area contributed by atoms with Crippen molar-refractivity contribution >= 4 is 40.6 Å². The van der Waals surface area contributed by atoms with E-state index in [1.165, 1.54) is 23.8 Å². The minimum atomic E-state index is -0.410. The van der Waals surface area contributed by atoms with E-state index in [4.69, 9.17) is 4.74 Å². The molecule has 2 aromatic carbocycles. The van der Waals surface area contributed by atoms with Crippen LogP contribution in [0.1, 0.15) is 66.6 Å². The number of amidine groups is 1. The fourth-order valence-electron chi connectivity index (χ4n) is 3.37. The molecule has 6 nitrogen and oxygen atoms in total. The first kappa shape index (κ1) is 23.6. The average molecular weight is 453 g/mol. The second kappa shape index (κ2) is 9.61. The summed E-state index contributed by atoms with van der Waals surface area (Å²) < 4.78 is 4.71. The number of carbonyl (C=O) groups is 2. The molecular weight excluding hydrogens is 424 g/mol. The smallest absolute Gasteiger partial charge is 0.337 e. The summed E-state index contributed by atoms with van der Waals surface area (Å²) in [5, 5.41) is 11.2. The highest BCUT2D eigenvalue weighted by atomic mass is 32.2. The zero-order chi connectivity index (χ0) is 23.6. The number of hydrogen-bond donors (Lipinski definition) is 1. The van der Waals surface area contributed by atoms with Gasteiger partial charge in [0.2, 0.25) is 0 Å². The highest BCUT2D eigenvalue weighted by Crippen LogP contribution is 2.38. The topological polar surface area (TPSA) is 79.2 Å². The Bertz CT molecular complexity index is 1070. The van der Waals surface area contributed by atoms with Gasteiger partial charge in [0.1, 0.15) is 5.75 Å². The quantitative estimate of drug-likeness (QED) is 0.468. The molecular formula is C25H28N2O4S. The molecule has 1 saturated heterocycles. The van der Waals surface area contributed by atoms with Gasteiger partial charge in [0, 0.05) is 7.05 Å². The van der Waals surface area contributed by atoms with E-state index < -0.39 is 5.97 Å². The zero-order valence-corrected chi connectivity index (χ0v) is 20.0. The minimum Gasteiger partial charge on any atom is -0.507 e. The predicted octanol–water partition coefficient (Wildman–Crippen LogP) is 5.66. The number of phenols is 1. The molecule has 168 valence electrons. The van der Waals surface area contributed by atoms with E-state index in [0.717, 1.165) is 16.7 Å². The molecule has 2 aromatic rings. The second-order valence-corrected chi connectivity index (χ2v) is 9.27. The monoisotopic (exact) mass is 452 g/mol. The van der Waals surface area contributed by atoms with Gasteiger partial charge in [-0.15, -0.1) is 0 Å². The third-order valence-electron chi connectivity index (χ3n) is 5.25. The number of methoxy groups -OCH3 is 1. The summed E-state index contributed by atoms with van der Waals surface area (Å²) in [4.78, 5) is 31.1. The van der Waals surface area contributed by atoms with Gasteiger partial charge in [-0.3, -0.25) is 9.69 Å². The van der Waals surface area contributed by atoms with Crippen LogP contribution in [0.2, 0.25) is 0 Å². The average Bonchev–Trinajstić information content (AvgIpc) is 3.02. The lowest BCUT2D eigenvalue weighted by molar-refractivity contribution is -0.121. The SMILES string of the molecule is COC(=O)c1ccc(N=C2S/C(=C\c3cc(C(C)C)c(O)c(C(C)C)c3)C(=O)N2C)cc1. The first-order valence-corrected chi connectivity index (χ1v) is 11.3. The number of nitrogens with zero attached hydrogens (tertiary/aromatic N) is 2. The highest BCUT2D eigenvalue weighted by molar-refractivity contribution is 8.18. The standard InChI is InChI=1S/C25H28N2O4S/c1-14(2)19-11-16(12-20(15(3)4)22(19)28)13-21-23(29)27(5)25(32-21)26-18-9-7-17(8-10-18)24(30)31-6/h7-15,28H,1-6H3/b21-13-,26-25?. The Labute approximate surface area is 193 Å². The van der Waals surface area contributed by atoms with Crippen LogP contribution < -0.4 is 0 Å². The number of thioether (sulfide) groups is 1. The number of aromatic hydroxyl groups is 1. The minimum absolute atomic E-state index is 0.134. The van der Waals surface area contributed by atoms with Crippen LogP contribution in [-0.2, 0) is 9.53 Å². The van der Waals surface area contributed by atoms with Gasteiger partial charge < -0.3 is 9.84 Å². The summed E-state index contributed by atoms with van der Waals surface area (Å²) in [6, 6.07) is 10.6.